The van der Waals surface area contributed by atoms with Gasteiger partial charge >= 0.3 is 6.16 Å². The van der Waals surface area contributed by atoms with Gasteiger partial charge in [-0.1, -0.05) is 6.92 Å². The minimum absolute atomic E-state index is 0.223. The van der Waals surface area contributed by atoms with Crippen molar-refractivity contribution in [2.45, 2.75) is 51.4 Å². The van der Waals surface area contributed by atoms with Gasteiger partial charge in [-0.15, -0.1) is 0 Å². The number of amides is 1. The van der Waals surface area contributed by atoms with Gasteiger partial charge in [0.25, 0.3) is 0 Å². The summed E-state index contributed by atoms with van der Waals surface area (Å²) in [6.07, 6.45) is -0.657. The van der Waals surface area contributed by atoms with Gasteiger partial charge in [-0.3, -0.25) is 19.0 Å². The van der Waals surface area contributed by atoms with Gasteiger partial charge in [0.1, 0.15) is 17.8 Å². The van der Waals surface area contributed by atoms with E-state index in [0.717, 1.165) is 29.0 Å². The van der Waals surface area contributed by atoms with Crippen LogP contribution in [0.4, 0.5) is 23.8 Å². The fourth-order valence-corrected chi connectivity index (χ4v) is 5.00. The van der Waals surface area contributed by atoms with E-state index >= 15 is 4.39 Å². The summed E-state index contributed by atoms with van der Waals surface area (Å²) < 4.78 is 49.5. The van der Waals surface area contributed by atoms with Crippen LogP contribution in [-0.4, -0.2) is 57.3 Å². The minimum atomic E-state index is -1.84. The average Bonchev–Trinajstić information content (AvgIpc) is 3.38. The number of ketones is 1. The third kappa shape index (κ3) is 5.92. The first-order valence-electron chi connectivity index (χ1n) is 13.1. The third-order valence-corrected chi connectivity index (χ3v) is 7.07. The van der Waals surface area contributed by atoms with Gasteiger partial charge in [-0.05, 0) is 44.4 Å². The summed E-state index contributed by atoms with van der Waals surface area (Å²) in [6.45, 7) is 3.42. The van der Waals surface area contributed by atoms with Gasteiger partial charge in [-0.2, -0.15) is 0 Å². The van der Waals surface area contributed by atoms with Crippen LogP contribution in [0.5, 0.6) is 5.75 Å². The number of hydrogen-bond donors (Lipinski definition) is 4. The monoisotopic (exact) mass is 590 g/mol. The smallest absolute Gasteiger partial charge is 0.449 e. The van der Waals surface area contributed by atoms with Gasteiger partial charge in [0.15, 0.2) is 28.8 Å². The second-order valence-corrected chi connectivity index (χ2v) is 9.91. The summed E-state index contributed by atoms with van der Waals surface area (Å²) in [4.78, 5) is 55.3. The number of nitrogens with two attached hydrogens (primary N) is 2. The molecule has 3 aromatic rings. The molecule has 1 aromatic carbocycles. The predicted octanol–water partition coefficient (Wildman–Crippen LogP) is 2.17. The van der Waals surface area contributed by atoms with E-state index in [1.54, 1.807) is 6.92 Å². The topological polar surface area (TPSA) is 183 Å². The Labute approximate surface area is 237 Å². The number of carbonyl (C=O) groups excluding carboxylic acids is 2. The van der Waals surface area contributed by atoms with Crippen molar-refractivity contribution in [1.82, 2.24) is 14.9 Å². The first kappa shape index (κ1) is 30.5. The summed E-state index contributed by atoms with van der Waals surface area (Å²) >= 11 is 0. The molecule has 3 heterocycles. The van der Waals surface area contributed by atoms with Gasteiger partial charge in [-0.25, -0.2) is 22.9 Å². The number of hydrogen-bond acceptors (Lipinski definition) is 9. The molecule has 1 aliphatic rings. The molecule has 4 rings (SSSR count). The number of halogens is 3. The van der Waals surface area contributed by atoms with Crippen LogP contribution in [-0.2, 0) is 9.59 Å². The fourth-order valence-electron chi connectivity index (χ4n) is 5.00. The summed E-state index contributed by atoms with van der Waals surface area (Å²) in [5.74, 6) is -5.91. The highest BCUT2D eigenvalue weighted by molar-refractivity contribution is 5.93. The Morgan fingerprint density at radius 1 is 1.19 bits per heavy atom. The molecule has 0 bridgehead atoms. The summed E-state index contributed by atoms with van der Waals surface area (Å²) in [7, 11) is 0. The highest BCUT2D eigenvalue weighted by Gasteiger charge is 2.35. The Morgan fingerprint density at radius 2 is 1.90 bits per heavy atom. The Hall–Kier alpha value is -4.50. The van der Waals surface area contributed by atoms with E-state index < -0.39 is 70.2 Å². The van der Waals surface area contributed by atoms with E-state index in [0.29, 0.717) is 18.9 Å². The van der Waals surface area contributed by atoms with Crippen LogP contribution < -0.4 is 31.8 Å². The van der Waals surface area contributed by atoms with E-state index in [1.807, 2.05) is 0 Å². The number of ether oxygens (including phenoxy) is 1. The highest BCUT2D eigenvalue weighted by atomic mass is 19.1. The maximum atomic E-state index is 15.5. The van der Waals surface area contributed by atoms with Gasteiger partial charge < -0.3 is 31.5 Å². The van der Waals surface area contributed by atoms with Gasteiger partial charge in [0.2, 0.25) is 11.3 Å². The molecule has 12 nitrogen and oxygen atoms in total. The number of benzene rings is 1. The number of anilines is 1. The summed E-state index contributed by atoms with van der Waals surface area (Å²) in [6, 6.07) is 1.28. The summed E-state index contributed by atoms with van der Waals surface area (Å²) in [5.41, 5.74) is 10.1. The predicted molar refractivity (Wildman–Crippen MR) is 145 cm³/mol. The van der Waals surface area contributed by atoms with E-state index in [2.05, 4.69) is 15.0 Å². The molecular weight excluding hydrogens is 561 g/mol. The molecule has 6 N–H and O–H groups in total. The van der Waals surface area contributed by atoms with Crippen LogP contribution in [0.2, 0.25) is 0 Å². The molecule has 0 radical (unpaired) electrons. The van der Waals surface area contributed by atoms with Crippen LogP contribution in [0.1, 0.15) is 33.1 Å². The maximum absolute atomic E-state index is 15.5. The first-order valence-corrected chi connectivity index (χ1v) is 13.1. The Balaban J connectivity index is 1.78. The molecule has 1 saturated heterocycles. The second-order valence-electron chi connectivity index (χ2n) is 9.91. The lowest BCUT2D eigenvalue weighted by Crippen LogP contribution is -2.55. The molecule has 1 fully saturated rings. The largest absolute Gasteiger partial charge is 0.511 e. The number of Topliss-reactive ketones (excluding diaryl/α,β-unsaturated/α-hetero) is 1. The molecule has 42 heavy (non-hydrogen) atoms. The van der Waals surface area contributed by atoms with E-state index in [-0.39, 0.29) is 35.9 Å². The van der Waals surface area contributed by atoms with Crippen molar-refractivity contribution in [3.63, 3.8) is 0 Å². The fraction of sp³-hybridized carbons (Fsp3) is 0.370. The van der Waals surface area contributed by atoms with E-state index in [9.17, 15) is 28.0 Å². The number of nitrogens with zero attached hydrogens (tertiary/aromatic N) is 3. The second kappa shape index (κ2) is 12.2. The van der Waals surface area contributed by atoms with Gasteiger partial charge in [0.05, 0.1) is 29.4 Å². The zero-order chi connectivity index (χ0) is 30.9. The Bertz CT molecular complexity index is 1610. The quantitative estimate of drug-likeness (QED) is 0.270. The van der Waals surface area contributed by atoms with E-state index in [4.69, 9.17) is 16.6 Å². The lowest BCUT2D eigenvalue weighted by molar-refractivity contribution is -0.131. The van der Waals surface area contributed by atoms with Crippen LogP contribution in [0.3, 0.4) is 0 Å². The first-order chi connectivity index (χ1) is 19.8. The maximum Gasteiger partial charge on any atom is 0.511 e. The Kier molecular flexibility index (Phi) is 8.82. The molecule has 0 saturated carbocycles. The van der Waals surface area contributed by atoms with Crippen LogP contribution in [0, 0.1) is 23.4 Å². The normalized spacial score (nSPS) is 17.1. The third-order valence-electron chi connectivity index (χ3n) is 7.07. The molecule has 15 heteroatoms. The van der Waals surface area contributed by atoms with Crippen molar-refractivity contribution in [2.24, 2.45) is 17.4 Å². The molecule has 0 spiro atoms. The van der Waals surface area contributed by atoms with Crippen molar-refractivity contribution in [1.29, 1.82) is 0 Å². The van der Waals surface area contributed by atoms with Crippen LogP contribution >= 0.6 is 0 Å². The summed E-state index contributed by atoms with van der Waals surface area (Å²) in [5, 5.41) is 11.3. The lowest BCUT2D eigenvalue weighted by Gasteiger charge is -2.29. The number of fused-ring (bicyclic) bond motifs is 1. The van der Waals surface area contributed by atoms with E-state index in [1.165, 1.54) is 11.8 Å². The highest BCUT2D eigenvalue weighted by Crippen LogP contribution is 2.30. The molecule has 1 amide bonds. The molecule has 1 aliphatic heterocycles. The van der Waals surface area contributed by atoms with Crippen molar-refractivity contribution in [2.75, 3.05) is 11.4 Å². The standard InChI is InChI=1S/C27H29F3N6O6/c1-3-14(22(37)12(2)31)21(32)26(39)33-20-5-4-8-35(20)25-17(30)10-15-23(38)19(42-27(40)41)11-36(24(15)34-25)18-7-6-13(28)9-16(18)29/h6-7,9-12,14,20-21H,3-5,8,31-32H2,1-2H3,(H,33,39)(H,40,41)/t12-,14?,20?,21-/m0/s1. The van der Waals surface area contributed by atoms with Crippen molar-refractivity contribution in [3.8, 4) is 11.4 Å². The number of carboxylic acid groups (broad SMARTS) is 1. The average molecular weight is 591 g/mol. The SMILES string of the molecule is CCC(C(=O)[C@H](C)N)[C@H](N)C(=O)NC1CCCN1c1nc2c(cc1F)c(=O)c(OC(=O)O)cn2-c1ccc(F)cc1F. The number of pyridine rings is 2. The molecule has 4 atom stereocenters. The molecular formula is C27H29F3N6O6. The van der Waals surface area contributed by atoms with Gasteiger partial charge in [0, 0.05) is 18.5 Å². The van der Waals surface area contributed by atoms with Crippen LogP contribution in [0.15, 0.2) is 35.3 Å². The van der Waals surface area contributed by atoms with Crippen molar-refractivity contribution >= 4 is 34.7 Å². The van der Waals surface area contributed by atoms with Crippen molar-refractivity contribution < 1.29 is 37.4 Å². The lowest BCUT2D eigenvalue weighted by atomic mass is 9.89. The zero-order valence-corrected chi connectivity index (χ0v) is 22.6. The number of carbonyl (C=O) groups is 3. The number of rotatable bonds is 9. The molecule has 2 unspecified atom stereocenters. The number of aromatic nitrogens is 2. The molecule has 224 valence electrons. The molecule has 0 aliphatic carbocycles. The Morgan fingerprint density at radius 3 is 2.52 bits per heavy atom. The molecule has 2 aromatic heterocycles. The zero-order valence-electron chi connectivity index (χ0n) is 22.6. The number of nitrogens with one attached hydrogen (secondary N) is 1. The van der Waals surface area contributed by atoms with Crippen LogP contribution in [0.25, 0.3) is 16.7 Å². The minimum Gasteiger partial charge on any atom is -0.449 e. The van der Waals surface area contributed by atoms with Crippen molar-refractivity contribution in [3.05, 3.63) is 58.1 Å².